The Labute approximate surface area is 230 Å². The van der Waals surface area contributed by atoms with Crippen LogP contribution in [0.5, 0.6) is 0 Å². The number of nitrogens with zero attached hydrogens (tertiary/aromatic N) is 2. The summed E-state index contributed by atoms with van der Waals surface area (Å²) in [6.45, 7) is 3.92. The first kappa shape index (κ1) is 27.7. The maximum Gasteiger partial charge on any atom is 0.325 e. The summed E-state index contributed by atoms with van der Waals surface area (Å²) in [6.07, 6.45) is 3.44. The number of aryl methyl sites for hydroxylation is 1. The molecule has 0 aliphatic heterocycles. The molecule has 2 aromatic heterocycles. The topological polar surface area (TPSA) is 122 Å². The monoisotopic (exact) mass is 546 g/mol. The van der Waals surface area contributed by atoms with Gasteiger partial charge in [-0.05, 0) is 49.9 Å². The highest BCUT2D eigenvalue weighted by atomic mass is 32.2. The number of carbonyl (C=O) groups excluding carboxylic acids is 2. The molecule has 2 heterocycles. The van der Waals surface area contributed by atoms with E-state index in [2.05, 4.69) is 10.6 Å². The van der Waals surface area contributed by atoms with Gasteiger partial charge in [-0.25, -0.2) is 4.98 Å². The van der Waals surface area contributed by atoms with E-state index in [0.717, 1.165) is 16.0 Å². The normalized spacial score (nSPS) is 11.7. The smallest absolute Gasteiger partial charge is 0.325 e. The van der Waals surface area contributed by atoms with Crippen molar-refractivity contribution in [3.8, 4) is 11.3 Å². The quantitative estimate of drug-likeness (QED) is 0.178. The Hall–Kier alpha value is -4.31. The van der Waals surface area contributed by atoms with Crippen molar-refractivity contribution in [1.29, 1.82) is 0 Å². The van der Waals surface area contributed by atoms with Crippen LogP contribution >= 0.6 is 11.8 Å². The lowest BCUT2D eigenvalue weighted by molar-refractivity contribution is -0.141. The number of ether oxygens (including phenoxy) is 1. The number of hydrogen-bond donors (Lipinski definition) is 3. The van der Waals surface area contributed by atoms with E-state index >= 15 is 0 Å². The van der Waals surface area contributed by atoms with Crippen LogP contribution in [-0.4, -0.2) is 51.7 Å². The molecule has 0 spiro atoms. The number of nitrogens with one attached hydrogen (secondary N) is 2. The van der Waals surface area contributed by atoms with Gasteiger partial charge < -0.3 is 20.5 Å². The van der Waals surface area contributed by atoms with Crippen molar-refractivity contribution < 1.29 is 24.2 Å². The lowest BCUT2D eigenvalue weighted by atomic mass is 10.0. The van der Waals surface area contributed by atoms with E-state index in [4.69, 9.17) is 9.72 Å². The second kappa shape index (κ2) is 12.5. The minimum absolute atomic E-state index is 0.0484. The molecule has 1 unspecified atom stereocenters. The molecule has 0 aliphatic rings. The van der Waals surface area contributed by atoms with Crippen molar-refractivity contribution in [3.05, 3.63) is 83.6 Å². The second-order valence-corrected chi connectivity index (χ2v) is 9.75. The van der Waals surface area contributed by atoms with E-state index in [1.165, 1.54) is 0 Å². The summed E-state index contributed by atoms with van der Waals surface area (Å²) in [5.74, 6) is -1.24. The molecule has 4 rings (SSSR count). The number of benzene rings is 2. The highest BCUT2D eigenvalue weighted by Gasteiger charge is 2.21. The number of rotatable bonds is 11. The first-order valence-electron chi connectivity index (χ1n) is 12.4. The summed E-state index contributed by atoms with van der Waals surface area (Å²) < 4.78 is 6.82. The van der Waals surface area contributed by atoms with Gasteiger partial charge in [0.1, 0.15) is 23.7 Å². The fraction of sp³-hybridized carbons (Fsp3) is 0.241. The van der Waals surface area contributed by atoms with Gasteiger partial charge in [0.25, 0.3) is 5.91 Å². The molecule has 3 N–H and O–H groups in total. The molecule has 2 aromatic carbocycles. The Morgan fingerprint density at radius 3 is 2.44 bits per heavy atom. The lowest BCUT2D eigenvalue weighted by Gasteiger charge is -2.18. The van der Waals surface area contributed by atoms with E-state index in [1.807, 2.05) is 61.7 Å². The van der Waals surface area contributed by atoms with E-state index < -0.39 is 23.9 Å². The molecule has 10 heteroatoms. The predicted octanol–water partition coefficient (Wildman–Crippen LogP) is 4.95. The first-order valence-corrected chi connectivity index (χ1v) is 13.7. The molecule has 9 nitrogen and oxygen atoms in total. The maximum atomic E-state index is 13.2. The Morgan fingerprint density at radius 2 is 1.79 bits per heavy atom. The van der Waals surface area contributed by atoms with Crippen LogP contribution in [0.1, 0.15) is 40.9 Å². The number of carboxylic acid groups (broad SMARTS) is 1. The molecular weight excluding hydrogens is 516 g/mol. The lowest BCUT2D eigenvalue weighted by Crippen LogP contribution is -2.30. The number of thioether (sulfide) groups is 1. The molecule has 0 bridgehead atoms. The van der Waals surface area contributed by atoms with Gasteiger partial charge in [0.15, 0.2) is 0 Å². The van der Waals surface area contributed by atoms with Crippen molar-refractivity contribution in [3.63, 3.8) is 0 Å². The van der Waals surface area contributed by atoms with Gasteiger partial charge in [-0.2, -0.15) is 0 Å². The fourth-order valence-corrected chi connectivity index (χ4v) is 4.55. The number of imidazole rings is 1. The first-order chi connectivity index (χ1) is 18.8. The molecule has 0 saturated carbocycles. The van der Waals surface area contributed by atoms with E-state index in [0.29, 0.717) is 28.3 Å². The molecule has 1 amide bonds. The number of carbonyl (C=O) groups is 3. The number of aromatic nitrogens is 2. The van der Waals surface area contributed by atoms with Crippen LogP contribution in [0.3, 0.4) is 0 Å². The van der Waals surface area contributed by atoms with Crippen LogP contribution in [0.2, 0.25) is 0 Å². The largest absolute Gasteiger partial charge is 0.481 e. The summed E-state index contributed by atoms with van der Waals surface area (Å²) in [5.41, 5.74) is 4.02. The third-order valence-electron chi connectivity index (χ3n) is 6.12. The Kier molecular flexibility index (Phi) is 8.88. The number of aliphatic carboxylic acids is 1. The molecule has 0 saturated heterocycles. The number of esters is 1. The zero-order chi connectivity index (χ0) is 27.9. The van der Waals surface area contributed by atoms with Gasteiger partial charge in [-0.3, -0.25) is 18.8 Å². The maximum absolute atomic E-state index is 13.2. The second-order valence-electron chi connectivity index (χ2n) is 8.87. The van der Waals surface area contributed by atoms with Crippen molar-refractivity contribution in [2.45, 2.75) is 31.2 Å². The van der Waals surface area contributed by atoms with Crippen molar-refractivity contribution in [1.82, 2.24) is 14.7 Å². The van der Waals surface area contributed by atoms with Crippen molar-refractivity contribution >= 4 is 41.1 Å². The average molecular weight is 547 g/mol. The van der Waals surface area contributed by atoms with Crippen LogP contribution in [0.25, 0.3) is 16.9 Å². The van der Waals surface area contributed by atoms with Gasteiger partial charge in [0.2, 0.25) is 0 Å². The van der Waals surface area contributed by atoms with Crippen LogP contribution in [0.4, 0.5) is 5.82 Å². The summed E-state index contributed by atoms with van der Waals surface area (Å²) in [7, 11) is 0. The van der Waals surface area contributed by atoms with Gasteiger partial charge in [-0.1, -0.05) is 42.0 Å². The number of anilines is 1. The predicted molar refractivity (Wildman–Crippen MR) is 151 cm³/mol. The van der Waals surface area contributed by atoms with Gasteiger partial charge in [0, 0.05) is 22.2 Å². The number of hydrogen-bond acceptors (Lipinski definition) is 7. The molecular formula is C29H30N4O5S. The van der Waals surface area contributed by atoms with Gasteiger partial charge in [0.05, 0.1) is 19.1 Å². The third kappa shape index (κ3) is 6.77. The van der Waals surface area contributed by atoms with Crippen LogP contribution in [0, 0.1) is 6.92 Å². The average Bonchev–Trinajstić information content (AvgIpc) is 3.29. The molecule has 202 valence electrons. The zero-order valence-electron chi connectivity index (χ0n) is 21.9. The number of pyridine rings is 1. The Bertz CT molecular complexity index is 1480. The van der Waals surface area contributed by atoms with E-state index in [9.17, 15) is 19.5 Å². The highest BCUT2D eigenvalue weighted by molar-refractivity contribution is 7.98. The number of fused-ring (bicyclic) bond motifs is 1. The SMILES string of the molecule is CCOC(=O)CNc1c(-c2ccc(SC)cc2)nc2cc(C(=O)NC(CC(=O)O)c3ccc(C)cc3)ccn12. The van der Waals surface area contributed by atoms with Crippen molar-refractivity contribution in [2.24, 2.45) is 0 Å². The number of carboxylic acids is 1. The minimum Gasteiger partial charge on any atom is -0.481 e. The molecule has 0 fully saturated rings. The molecule has 0 aliphatic carbocycles. The Balaban J connectivity index is 1.67. The standard InChI is InChI=1S/C29H30N4O5S/c1-4-38-26(36)17-30-28-27(20-9-11-22(39-3)12-10-20)32-24-15-21(13-14-33(24)28)29(37)31-23(16-25(34)35)19-7-5-18(2)6-8-19/h5-15,23,30H,4,16-17H2,1-3H3,(H,31,37)(H,34,35). The van der Waals surface area contributed by atoms with Gasteiger partial charge in [-0.15, -0.1) is 11.8 Å². The van der Waals surface area contributed by atoms with Crippen LogP contribution in [-0.2, 0) is 14.3 Å². The summed E-state index contributed by atoms with van der Waals surface area (Å²) in [5, 5.41) is 15.4. The molecule has 1 atom stereocenters. The summed E-state index contributed by atoms with van der Waals surface area (Å²) in [4.78, 5) is 42.6. The summed E-state index contributed by atoms with van der Waals surface area (Å²) in [6, 6.07) is 17.9. The Morgan fingerprint density at radius 1 is 1.08 bits per heavy atom. The molecule has 0 radical (unpaired) electrons. The third-order valence-corrected chi connectivity index (χ3v) is 6.86. The van der Waals surface area contributed by atoms with Gasteiger partial charge >= 0.3 is 11.9 Å². The van der Waals surface area contributed by atoms with Crippen molar-refractivity contribution in [2.75, 3.05) is 24.7 Å². The number of amides is 1. The zero-order valence-corrected chi connectivity index (χ0v) is 22.7. The summed E-state index contributed by atoms with van der Waals surface area (Å²) >= 11 is 1.63. The molecule has 4 aromatic rings. The van der Waals surface area contributed by atoms with Crippen LogP contribution in [0.15, 0.2) is 71.8 Å². The van der Waals surface area contributed by atoms with E-state index in [1.54, 1.807) is 41.4 Å². The van der Waals surface area contributed by atoms with E-state index in [-0.39, 0.29) is 19.6 Å². The highest BCUT2D eigenvalue weighted by Crippen LogP contribution is 2.30. The minimum atomic E-state index is -1.01. The molecule has 39 heavy (non-hydrogen) atoms. The van der Waals surface area contributed by atoms with Crippen LogP contribution < -0.4 is 10.6 Å². The fourth-order valence-electron chi connectivity index (χ4n) is 4.14.